The number of ketones is 4. The molecule has 0 aromatic carbocycles. The fourth-order valence-electron chi connectivity index (χ4n) is 0.701. The Hall–Kier alpha value is -0.726. The van der Waals surface area contributed by atoms with Gasteiger partial charge in [0.25, 0.3) is 0 Å². The number of aliphatic hydroxyl groups is 1. The number of hydrogen-bond donors (Lipinski definition) is 1. The third-order valence-electron chi connectivity index (χ3n) is 0.996. The minimum absolute atomic E-state index is 0. The molecule has 0 radical (unpaired) electrons. The third-order valence-corrected chi connectivity index (χ3v) is 0.996. The summed E-state index contributed by atoms with van der Waals surface area (Å²) < 4.78 is 0. The van der Waals surface area contributed by atoms with E-state index in [9.17, 15) is 29.4 Å². The molecular formula is C18H36O7Ti. The van der Waals surface area contributed by atoms with Crippen LogP contribution in [0, 0.1) is 0 Å². The van der Waals surface area contributed by atoms with E-state index in [4.69, 9.17) is 5.11 Å². The van der Waals surface area contributed by atoms with Crippen LogP contribution >= 0.6 is 0 Å². The van der Waals surface area contributed by atoms with Crippen molar-refractivity contribution in [2.24, 2.45) is 0 Å². The van der Waals surface area contributed by atoms with Crippen molar-refractivity contribution in [2.75, 3.05) is 6.61 Å². The molecule has 0 saturated heterocycles. The smallest absolute Gasteiger partial charge is 0.852 e. The van der Waals surface area contributed by atoms with E-state index in [0.29, 0.717) is 0 Å². The Labute approximate surface area is 173 Å². The predicted molar refractivity (Wildman–Crippen MR) is 95.0 cm³/mol. The van der Waals surface area contributed by atoms with Crippen LogP contribution < -0.4 is 10.2 Å². The molecular weight excluding hydrogens is 376 g/mol. The zero-order valence-corrected chi connectivity index (χ0v) is 19.2. The molecule has 0 aromatic rings. The van der Waals surface area contributed by atoms with Crippen LogP contribution in [0.2, 0.25) is 0 Å². The normalized spacial score (nSPS) is 7.92. The zero-order chi connectivity index (χ0) is 21.6. The van der Waals surface area contributed by atoms with E-state index < -0.39 is 12.2 Å². The van der Waals surface area contributed by atoms with Gasteiger partial charge >= 0.3 is 21.7 Å². The Morgan fingerprint density at radius 2 is 0.769 bits per heavy atom. The van der Waals surface area contributed by atoms with E-state index in [1.54, 1.807) is 34.6 Å². The average molecular weight is 412 g/mol. The van der Waals surface area contributed by atoms with Crippen LogP contribution in [-0.2, 0) is 40.9 Å². The summed E-state index contributed by atoms with van der Waals surface area (Å²) in [7, 11) is 0. The van der Waals surface area contributed by atoms with E-state index in [1.807, 2.05) is 0 Å². The maximum Gasteiger partial charge on any atom is 2.00 e. The predicted octanol–water partition coefficient (Wildman–Crippen LogP) is 0.615. The van der Waals surface area contributed by atoms with Gasteiger partial charge in [-0.05, 0) is 34.6 Å². The van der Waals surface area contributed by atoms with Gasteiger partial charge in [-0.25, -0.2) is 0 Å². The Bertz CT molecular complexity index is 279. The maximum absolute atomic E-state index is 10.0. The van der Waals surface area contributed by atoms with Gasteiger partial charge in [-0.1, -0.05) is 27.7 Å². The van der Waals surface area contributed by atoms with E-state index >= 15 is 0 Å². The van der Waals surface area contributed by atoms with Gasteiger partial charge in [0.1, 0.15) is 23.1 Å². The molecule has 8 heteroatoms. The summed E-state index contributed by atoms with van der Waals surface area (Å²) in [6.45, 7) is 14.0. The van der Waals surface area contributed by atoms with Crippen molar-refractivity contribution >= 4 is 23.1 Å². The first kappa shape index (κ1) is 40.1. The van der Waals surface area contributed by atoms with Crippen LogP contribution in [0.15, 0.2) is 0 Å². The van der Waals surface area contributed by atoms with Gasteiger partial charge in [0.2, 0.25) is 0 Å². The van der Waals surface area contributed by atoms with Crippen LogP contribution in [0.5, 0.6) is 0 Å². The van der Waals surface area contributed by atoms with Gasteiger partial charge in [0, 0.05) is 6.61 Å². The summed E-state index contributed by atoms with van der Waals surface area (Å²) in [5.41, 5.74) is 0. The molecule has 1 N–H and O–H groups in total. The summed E-state index contributed by atoms with van der Waals surface area (Å²) in [5.74, 6) is -0.250. The second-order valence-corrected chi connectivity index (χ2v) is 5.58. The molecule has 0 aromatic heterocycles. The number of rotatable bonds is 4. The summed E-state index contributed by atoms with van der Waals surface area (Å²) in [6, 6.07) is 0. The fraction of sp³-hybridized carbons (Fsp3) is 0.778. The molecule has 0 aliphatic heterocycles. The molecule has 0 saturated carbocycles. The third kappa shape index (κ3) is 218. The van der Waals surface area contributed by atoms with Gasteiger partial charge in [0.05, 0.1) is 12.8 Å². The molecule has 0 spiro atoms. The van der Waals surface area contributed by atoms with Crippen molar-refractivity contribution in [1.82, 2.24) is 0 Å². The van der Waals surface area contributed by atoms with Gasteiger partial charge in [-0.15, -0.1) is 12.2 Å². The van der Waals surface area contributed by atoms with E-state index in [2.05, 4.69) is 0 Å². The number of carbonyl (C=O) groups is 4. The van der Waals surface area contributed by atoms with E-state index in [1.165, 1.54) is 27.7 Å². The quantitative estimate of drug-likeness (QED) is 0.528. The summed E-state index contributed by atoms with van der Waals surface area (Å²) in [5, 5.41) is 26.6. The molecule has 0 unspecified atom stereocenters. The number of aliphatic hydroxyl groups excluding tert-OH is 1. The fourth-order valence-corrected chi connectivity index (χ4v) is 0.701. The van der Waals surface area contributed by atoms with Crippen LogP contribution in [0.25, 0.3) is 0 Å². The van der Waals surface area contributed by atoms with E-state index in [0.717, 1.165) is 0 Å². The summed E-state index contributed by atoms with van der Waals surface area (Å²) >= 11 is 0. The Morgan fingerprint density at radius 3 is 0.769 bits per heavy atom. The zero-order valence-electron chi connectivity index (χ0n) is 17.7. The van der Waals surface area contributed by atoms with Gasteiger partial charge < -0.3 is 15.3 Å². The molecule has 0 amide bonds. The van der Waals surface area contributed by atoms with Crippen molar-refractivity contribution in [3.05, 3.63) is 0 Å². The monoisotopic (exact) mass is 412 g/mol. The Kier molecular flexibility index (Phi) is 49.3. The average Bonchev–Trinajstić information content (AvgIpc) is 2.24. The van der Waals surface area contributed by atoms with E-state index in [-0.39, 0.29) is 64.3 Å². The molecule has 0 bridgehead atoms. The largest absolute Gasteiger partial charge is 2.00 e. The molecule has 0 fully saturated rings. The van der Waals surface area contributed by atoms with Crippen LogP contribution in [0.1, 0.15) is 75.2 Å². The first-order valence-corrected chi connectivity index (χ1v) is 8.03. The van der Waals surface area contributed by atoms with Crippen LogP contribution in [-0.4, -0.2) is 47.1 Å². The second kappa shape index (κ2) is 32.0. The van der Waals surface area contributed by atoms with Crippen molar-refractivity contribution in [2.45, 2.75) is 87.4 Å². The standard InChI is InChI=1S/2C5H8O2.2C3H7O.C2H6O.Ti/c2*1-4(6)3-5(2)7;2*1-3(2)4;1-2-3;/h2*3H2,1-2H3;2*3H,1-2H3;3H,2H2,1H3;/q;;2*-1;;+2. The number of hydrogen-bond acceptors (Lipinski definition) is 7. The topological polar surface area (TPSA) is 135 Å². The first-order chi connectivity index (χ1) is 11.1. The molecule has 0 rings (SSSR count). The molecule has 0 aliphatic rings. The van der Waals surface area contributed by atoms with Gasteiger partial charge in [0.15, 0.2) is 0 Å². The van der Waals surface area contributed by atoms with Crippen LogP contribution in [0.3, 0.4) is 0 Å². The van der Waals surface area contributed by atoms with Crippen molar-refractivity contribution < 1.29 is 56.2 Å². The van der Waals surface area contributed by atoms with Crippen molar-refractivity contribution in [1.29, 1.82) is 0 Å². The Morgan fingerprint density at radius 1 is 0.692 bits per heavy atom. The first-order valence-electron chi connectivity index (χ1n) is 8.03. The Balaban J connectivity index is -0.0000000496. The second-order valence-electron chi connectivity index (χ2n) is 5.58. The van der Waals surface area contributed by atoms with Crippen LogP contribution in [0.4, 0.5) is 0 Å². The molecule has 7 nitrogen and oxygen atoms in total. The van der Waals surface area contributed by atoms with Gasteiger partial charge in [-0.2, -0.15) is 0 Å². The van der Waals surface area contributed by atoms with Gasteiger partial charge in [-0.3, -0.25) is 19.2 Å². The molecule has 154 valence electrons. The number of carbonyl (C=O) groups excluding carboxylic acids is 4. The summed E-state index contributed by atoms with van der Waals surface area (Å²) in [6.07, 6.45) is -0.667. The molecule has 0 atom stereocenters. The number of Topliss-reactive ketones (excluding diaryl/α,β-unsaturated/α-hetero) is 4. The molecule has 26 heavy (non-hydrogen) atoms. The summed E-state index contributed by atoms with van der Waals surface area (Å²) in [4.78, 5) is 40.1. The van der Waals surface area contributed by atoms with Crippen molar-refractivity contribution in [3.8, 4) is 0 Å². The maximum atomic E-state index is 10.0. The molecule has 0 heterocycles. The minimum atomic E-state index is -0.417. The van der Waals surface area contributed by atoms with Crippen molar-refractivity contribution in [3.63, 3.8) is 0 Å². The SMILES string of the molecule is CC(=O)CC(C)=O.CC(=O)CC(C)=O.CC(C)[O-].CC(C)[O-].CCO.[Ti+2]. The minimum Gasteiger partial charge on any atom is -0.852 e. The molecule has 0 aliphatic carbocycles.